The summed E-state index contributed by atoms with van der Waals surface area (Å²) in [5.74, 6) is 1.56. The normalized spacial score (nSPS) is 12.4. The van der Waals surface area contributed by atoms with E-state index >= 15 is 0 Å². The SMILES string of the molecule is CCNC(=NCc1ccc(OC)c(OC)c1)NCC(O)c1ccc(F)cc1. The molecule has 146 valence electrons. The number of hydrogen-bond acceptors (Lipinski definition) is 4. The van der Waals surface area contributed by atoms with Crippen LogP contribution in [0.2, 0.25) is 0 Å². The second kappa shape index (κ2) is 10.4. The average molecular weight is 375 g/mol. The van der Waals surface area contributed by atoms with Gasteiger partial charge in [-0.3, -0.25) is 0 Å². The number of benzene rings is 2. The van der Waals surface area contributed by atoms with E-state index in [2.05, 4.69) is 15.6 Å². The molecule has 0 spiro atoms. The maximum absolute atomic E-state index is 13.0. The van der Waals surface area contributed by atoms with Gasteiger partial charge in [0.1, 0.15) is 5.82 Å². The molecule has 0 radical (unpaired) electrons. The zero-order chi connectivity index (χ0) is 19.6. The van der Waals surface area contributed by atoms with Gasteiger partial charge in [-0.05, 0) is 42.3 Å². The van der Waals surface area contributed by atoms with Crippen LogP contribution in [0.15, 0.2) is 47.5 Å². The van der Waals surface area contributed by atoms with Gasteiger partial charge in [-0.25, -0.2) is 9.38 Å². The van der Waals surface area contributed by atoms with E-state index in [9.17, 15) is 9.50 Å². The monoisotopic (exact) mass is 375 g/mol. The maximum atomic E-state index is 13.0. The summed E-state index contributed by atoms with van der Waals surface area (Å²) >= 11 is 0. The van der Waals surface area contributed by atoms with Gasteiger partial charge in [0.05, 0.1) is 26.9 Å². The third-order valence-corrected chi connectivity index (χ3v) is 3.93. The summed E-state index contributed by atoms with van der Waals surface area (Å²) in [5.41, 5.74) is 1.60. The Bertz CT molecular complexity index is 751. The number of nitrogens with one attached hydrogen (secondary N) is 2. The number of nitrogens with zero attached hydrogens (tertiary/aromatic N) is 1. The Morgan fingerprint density at radius 3 is 2.41 bits per heavy atom. The number of aliphatic imine (C=N–C) groups is 1. The van der Waals surface area contributed by atoms with Crippen molar-refractivity contribution in [2.45, 2.75) is 19.6 Å². The fourth-order valence-corrected chi connectivity index (χ4v) is 2.49. The highest BCUT2D eigenvalue weighted by molar-refractivity contribution is 5.79. The average Bonchev–Trinajstić information content (AvgIpc) is 2.70. The van der Waals surface area contributed by atoms with Gasteiger partial charge in [0, 0.05) is 13.1 Å². The third kappa shape index (κ3) is 6.14. The summed E-state index contributed by atoms with van der Waals surface area (Å²) in [7, 11) is 3.18. The first kappa shape index (κ1) is 20.5. The Morgan fingerprint density at radius 2 is 1.78 bits per heavy atom. The van der Waals surface area contributed by atoms with Gasteiger partial charge in [0.15, 0.2) is 17.5 Å². The molecule has 2 aromatic rings. The van der Waals surface area contributed by atoms with Crippen molar-refractivity contribution in [3.05, 3.63) is 59.4 Å². The first-order chi connectivity index (χ1) is 13.1. The first-order valence-corrected chi connectivity index (χ1v) is 8.74. The van der Waals surface area contributed by atoms with Gasteiger partial charge >= 0.3 is 0 Å². The lowest BCUT2D eigenvalue weighted by molar-refractivity contribution is 0.180. The molecule has 0 saturated heterocycles. The van der Waals surface area contributed by atoms with Crippen LogP contribution in [-0.2, 0) is 6.54 Å². The van der Waals surface area contributed by atoms with Gasteiger partial charge in [0.25, 0.3) is 0 Å². The van der Waals surface area contributed by atoms with Crippen LogP contribution in [-0.4, -0.2) is 38.4 Å². The minimum absolute atomic E-state index is 0.253. The van der Waals surface area contributed by atoms with E-state index < -0.39 is 6.10 Å². The van der Waals surface area contributed by atoms with Crippen molar-refractivity contribution >= 4 is 5.96 Å². The molecule has 1 unspecified atom stereocenters. The molecule has 7 heteroatoms. The Morgan fingerprint density at radius 1 is 1.07 bits per heavy atom. The van der Waals surface area contributed by atoms with Crippen LogP contribution in [0.1, 0.15) is 24.2 Å². The summed E-state index contributed by atoms with van der Waals surface area (Å²) in [6.07, 6.45) is -0.768. The number of ether oxygens (including phenoxy) is 2. The molecule has 6 nitrogen and oxygen atoms in total. The smallest absolute Gasteiger partial charge is 0.191 e. The van der Waals surface area contributed by atoms with Crippen molar-refractivity contribution in [2.24, 2.45) is 4.99 Å². The van der Waals surface area contributed by atoms with Gasteiger partial charge in [-0.2, -0.15) is 0 Å². The van der Waals surface area contributed by atoms with Crippen LogP contribution in [0.3, 0.4) is 0 Å². The van der Waals surface area contributed by atoms with Crippen molar-refractivity contribution in [3.63, 3.8) is 0 Å². The molecular formula is C20H26FN3O3. The molecule has 2 rings (SSSR count). The van der Waals surface area contributed by atoms with Crippen LogP contribution >= 0.6 is 0 Å². The lowest BCUT2D eigenvalue weighted by Crippen LogP contribution is -2.39. The minimum atomic E-state index is -0.768. The fraction of sp³-hybridized carbons (Fsp3) is 0.350. The van der Waals surface area contributed by atoms with Crippen molar-refractivity contribution < 1.29 is 19.0 Å². The predicted octanol–water partition coefficient (Wildman–Crippen LogP) is 2.63. The van der Waals surface area contributed by atoms with Gasteiger partial charge < -0.3 is 25.2 Å². The summed E-state index contributed by atoms with van der Waals surface area (Å²) in [5, 5.41) is 16.5. The standard InChI is InChI=1S/C20H26FN3O3/c1-4-22-20(24-13-17(25)15-6-8-16(21)9-7-15)23-12-14-5-10-18(26-2)19(11-14)27-3/h5-11,17,25H,4,12-13H2,1-3H3,(H2,22,23,24). The molecular weight excluding hydrogens is 349 g/mol. The lowest BCUT2D eigenvalue weighted by atomic mass is 10.1. The molecule has 0 aliphatic rings. The molecule has 0 fully saturated rings. The number of rotatable bonds is 8. The summed E-state index contributed by atoms with van der Waals surface area (Å²) in [4.78, 5) is 4.52. The maximum Gasteiger partial charge on any atom is 0.191 e. The summed E-state index contributed by atoms with van der Waals surface area (Å²) in [6, 6.07) is 11.4. The second-order valence-electron chi connectivity index (χ2n) is 5.83. The van der Waals surface area contributed by atoms with Crippen molar-refractivity contribution in [1.29, 1.82) is 0 Å². The highest BCUT2D eigenvalue weighted by atomic mass is 19.1. The molecule has 0 bridgehead atoms. The molecule has 0 saturated carbocycles. The lowest BCUT2D eigenvalue weighted by Gasteiger charge is -2.16. The Balaban J connectivity index is 2.00. The van der Waals surface area contributed by atoms with Crippen molar-refractivity contribution in [2.75, 3.05) is 27.3 Å². The zero-order valence-electron chi connectivity index (χ0n) is 15.8. The van der Waals surface area contributed by atoms with Crippen molar-refractivity contribution in [3.8, 4) is 11.5 Å². The van der Waals surface area contributed by atoms with E-state index in [1.54, 1.807) is 26.4 Å². The largest absolute Gasteiger partial charge is 0.493 e. The second-order valence-corrected chi connectivity index (χ2v) is 5.83. The number of guanidine groups is 1. The summed E-state index contributed by atoms with van der Waals surface area (Å²) < 4.78 is 23.5. The first-order valence-electron chi connectivity index (χ1n) is 8.74. The van der Waals surface area contributed by atoms with Crippen LogP contribution < -0.4 is 20.1 Å². The topological polar surface area (TPSA) is 75.1 Å². The third-order valence-electron chi connectivity index (χ3n) is 3.93. The van der Waals surface area contributed by atoms with Crippen LogP contribution in [0, 0.1) is 5.82 Å². The van der Waals surface area contributed by atoms with E-state index in [4.69, 9.17) is 9.47 Å². The van der Waals surface area contributed by atoms with E-state index in [0.717, 1.165) is 5.56 Å². The van der Waals surface area contributed by atoms with E-state index in [0.29, 0.717) is 36.1 Å². The quantitative estimate of drug-likeness (QED) is 0.489. The summed E-state index contributed by atoms with van der Waals surface area (Å²) in [6.45, 7) is 3.33. The van der Waals surface area contributed by atoms with Gasteiger partial charge in [-0.15, -0.1) is 0 Å². The minimum Gasteiger partial charge on any atom is -0.493 e. The number of aliphatic hydroxyl groups is 1. The molecule has 2 aromatic carbocycles. The van der Waals surface area contributed by atoms with Gasteiger partial charge in [0.2, 0.25) is 0 Å². The number of methoxy groups -OCH3 is 2. The molecule has 3 N–H and O–H groups in total. The molecule has 0 aliphatic heterocycles. The number of hydrogen-bond donors (Lipinski definition) is 3. The number of halogens is 1. The molecule has 0 amide bonds. The Hall–Kier alpha value is -2.80. The van der Waals surface area contributed by atoms with Crippen molar-refractivity contribution in [1.82, 2.24) is 10.6 Å². The fourth-order valence-electron chi connectivity index (χ4n) is 2.49. The Labute approximate surface area is 159 Å². The van der Waals surface area contributed by atoms with Crippen LogP contribution in [0.25, 0.3) is 0 Å². The van der Waals surface area contributed by atoms with E-state index in [1.165, 1.54) is 12.1 Å². The predicted molar refractivity (Wildman–Crippen MR) is 104 cm³/mol. The molecule has 0 aromatic heterocycles. The van der Waals surface area contributed by atoms with E-state index in [1.807, 2.05) is 25.1 Å². The highest BCUT2D eigenvalue weighted by Gasteiger charge is 2.09. The zero-order valence-corrected chi connectivity index (χ0v) is 15.8. The molecule has 1 atom stereocenters. The molecule has 0 heterocycles. The Kier molecular flexibility index (Phi) is 7.88. The highest BCUT2D eigenvalue weighted by Crippen LogP contribution is 2.27. The van der Waals surface area contributed by atoms with E-state index in [-0.39, 0.29) is 12.4 Å². The van der Waals surface area contributed by atoms with Crippen LogP contribution in [0.5, 0.6) is 11.5 Å². The van der Waals surface area contributed by atoms with Crippen LogP contribution in [0.4, 0.5) is 4.39 Å². The van der Waals surface area contributed by atoms with Gasteiger partial charge in [-0.1, -0.05) is 18.2 Å². The molecule has 27 heavy (non-hydrogen) atoms. The number of aliphatic hydroxyl groups excluding tert-OH is 1. The molecule has 0 aliphatic carbocycles.